The van der Waals surface area contributed by atoms with Crippen molar-refractivity contribution in [3.05, 3.63) is 41.5 Å². The van der Waals surface area contributed by atoms with Crippen LogP contribution in [0.5, 0.6) is 0 Å². The van der Waals surface area contributed by atoms with Crippen molar-refractivity contribution in [3.8, 4) is 11.8 Å². The Hall–Kier alpha value is -1.66. The van der Waals surface area contributed by atoms with Crippen LogP contribution in [0.3, 0.4) is 0 Å². The number of aliphatic carboxylic acids is 1. The van der Waals surface area contributed by atoms with Crippen LogP contribution in [0.2, 0.25) is 0 Å². The molecule has 0 saturated carbocycles. The molecule has 0 spiro atoms. The van der Waals surface area contributed by atoms with E-state index in [1.54, 1.807) is 6.08 Å². The van der Waals surface area contributed by atoms with E-state index >= 15 is 0 Å². The maximum absolute atomic E-state index is 10.3. The molecule has 0 saturated heterocycles. The number of hydrogen-bond donors (Lipinski definition) is 2. The van der Waals surface area contributed by atoms with E-state index in [2.05, 4.69) is 24.5 Å². The number of hydrogen-bond acceptors (Lipinski definition) is 2. The Balaban J connectivity index is 2.69. The minimum atomic E-state index is -0.947. The third-order valence-corrected chi connectivity index (χ3v) is 2.02. The monoisotopic (exact) mass is 232 g/mol. The molecule has 1 aromatic carbocycles. The van der Waals surface area contributed by atoms with Gasteiger partial charge in [-0.3, -0.25) is 0 Å². The van der Waals surface area contributed by atoms with Crippen molar-refractivity contribution in [1.82, 2.24) is 0 Å². The van der Waals surface area contributed by atoms with Gasteiger partial charge in [0.1, 0.15) is 0 Å². The van der Waals surface area contributed by atoms with E-state index in [1.807, 2.05) is 24.3 Å². The van der Waals surface area contributed by atoms with Crippen molar-refractivity contribution in [3.63, 3.8) is 0 Å². The molecular formula is C13H12O2S. The molecule has 2 nitrogen and oxygen atoms in total. The Bertz CT molecular complexity index is 435. The molecule has 1 aromatic rings. The van der Waals surface area contributed by atoms with Crippen LogP contribution < -0.4 is 0 Å². The van der Waals surface area contributed by atoms with Crippen LogP contribution in [-0.2, 0) is 4.79 Å². The zero-order chi connectivity index (χ0) is 11.8. The lowest BCUT2D eigenvalue weighted by Crippen LogP contribution is -1.85. The smallest absolute Gasteiger partial charge is 0.328 e. The molecule has 0 fully saturated rings. The number of rotatable bonds is 3. The molecular weight excluding hydrogens is 220 g/mol. The normalized spacial score (nSPS) is 9.81. The van der Waals surface area contributed by atoms with E-state index in [-0.39, 0.29) is 0 Å². The summed E-state index contributed by atoms with van der Waals surface area (Å²) in [6.45, 7) is 0. The fourth-order valence-corrected chi connectivity index (χ4v) is 1.18. The summed E-state index contributed by atoms with van der Waals surface area (Å²) in [5, 5.41) is 8.46. The number of carbonyl (C=O) groups is 1. The molecule has 0 amide bonds. The highest BCUT2D eigenvalue weighted by atomic mass is 32.1. The van der Waals surface area contributed by atoms with Gasteiger partial charge in [-0.05, 0) is 23.8 Å². The number of thiol groups is 1. The summed E-state index contributed by atoms with van der Waals surface area (Å²) in [7, 11) is 0. The minimum absolute atomic E-state index is 0.756. The Morgan fingerprint density at radius 3 is 2.62 bits per heavy atom. The third kappa shape index (κ3) is 4.72. The van der Waals surface area contributed by atoms with Crippen molar-refractivity contribution in [2.24, 2.45) is 0 Å². The molecule has 0 radical (unpaired) electrons. The molecule has 0 aliphatic heterocycles. The first kappa shape index (κ1) is 12.4. The van der Waals surface area contributed by atoms with E-state index < -0.39 is 5.97 Å². The fourth-order valence-electron chi connectivity index (χ4n) is 1.07. The predicted molar refractivity (Wildman–Crippen MR) is 68.5 cm³/mol. The van der Waals surface area contributed by atoms with Crippen molar-refractivity contribution >= 4 is 24.7 Å². The van der Waals surface area contributed by atoms with Gasteiger partial charge in [0.05, 0.1) is 0 Å². The van der Waals surface area contributed by atoms with E-state index in [4.69, 9.17) is 5.11 Å². The van der Waals surface area contributed by atoms with Crippen LogP contribution >= 0.6 is 12.6 Å². The standard InChI is InChI=1S/C13H12O2S/c14-13(15)9-8-12-6-4-11(5-7-12)3-1-2-10-16/h4-9,16H,2,10H2,(H,14,15)/b9-8+. The maximum Gasteiger partial charge on any atom is 0.328 e. The summed E-state index contributed by atoms with van der Waals surface area (Å²) in [4.78, 5) is 10.3. The summed E-state index contributed by atoms with van der Waals surface area (Å²) >= 11 is 4.06. The highest BCUT2D eigenvalue weighted by molar-refractivity contribution is 7.80. The molecule has 0 aliphatic rings. The van der Waals surface area contributed by atoms with Crippen molar-refractivity contribution < 1.29 is 9.90 Å². The molecule has 3 heteroatoms. The zero-order valence-corrected chi connectivity index (χ0v) is 9.58. The van der Waals surface area contributed by atoms with Gasteiger partial charge in [-0.2, -0.15) is 12.6 Å². The fraction of sp³-hybridized carbons (Fsp3) is 0.154. The van der Waals surface area contributed by atoms with Crippen LogP contribution in [0.25, 0.3) is 6.08 Å². The van der Waals surface area contributed by atoms with Gasteiger partial charge in [0.15, 0.2) is 0 Å². The van der Waals surface area contributed by atoms with E-state index in [1.165, 1.54) is 0 Å². The van der Waals surface area contributed by atoms with E-state index in [9.17, 15) is 4.79 Å². The van der Waals surface area contributed by atoms with E-state index in [0.29, 0.717) is 0 Å². The van der Waals surface area contributed by atoms with Crippen molar-refractivity contribution in [2.45, 2.75) is 6.42 Å². The molecule has 16 heavy (non-hydrogen) atoms. The first-order chi connectivity index (χ1) is 7.72. The van der Waals surface area contributed by atoms with Crippen molar-refractivity contribution in [1.29, 1.82) is 0 Å². The van der Waals surface area contributed by atoms with Gasteiger partial charge in [-0.25, -0.2) is 4.79 Å². The van der Waals surface area contributed by atoms with Crippen molar-refractivity contribution in [2.75, 3.05) is 5.75 Å². The molecule has 0 heterocycles. The molecule has 0 atom stereocenters. The average Bonchev–Trinajstić information content (AvgIpc) is 2.28. The molecule has 0 aliphatic carbocycles. The van der Waals surface area contributed by atoms with Crippen LogP contribution in [0.1, 0.15) is 17.5 Å². The second-order valence-corrected chi connectivity index (χ2v) is 3.52. The van der Waals surface area contributed by atoms with Gasteiger partial charge in [0.2, 0.25) is 0 Å². The Kier molecular flexibility index (Phi) is 5.24. The quantitative estimate of drug-likeness (QED) is 0.477. The lowest BCUT2D eigenvalue weighted by Gasteiger charge is -1.93. The van der Waals surface area contributed by atoms with Crippen LogP contribution in [0.4, 0.5) is 0 Å². The second kappa shape index (κ2) is 6.76. The van der Waals surface area contributed by atoms with Crippen LogP contribution in [-0.4, -0.2) is 16.8 Å². The van der Waals surface area contributed by atoms with Gasteiger partial charge >= 0.3 is 5.97 Å². The lowest BCUT2D eigenvalue weighted by molar-refractivity contribution is -0.131. The topological polar surface area (TPSA) is 37.3 Å². The Morgan fingerprint density at radius 2 is 2.06 bits per heavy atom. The number of benzene rings is 1. The largest absolute Gasteiger partial charge is 0.478 e. The Morgan fingerprint density at radius 1 is 1.38 bits per heavy atom. The lowest BCUT2D eigenvalue weighted by atomic mass is 10.1. The maximum atomic E-state index is 10.3. The second-order valence-electron chi connectivity index (χ2n) is 3.07. The molecule has 0 unspecified atom stereocenters. The van der Waals surface area contributed by atoms with E-state index in [0.717, 1.165) is 29.4 Å². The highest BCUT2D eigenvalue weighted by Gasteiger charge is 1.90. The molecule has 1 N–H and O–H groups in total. The molecule has 0 aromatic heterocycles. The summed E-state index contributed by atoms with van der Waals surface area (Å²) in [6, 6.07) is 7.41. The number of carboxylic acids is 1. The van der Waals surface area contributed by atoms with Gasteiger partial charge in [-0.15, -0.1) is 0 Å². The molecule has 1 rings (SSSR count). The summed E-state index contributed by atoms with van der Waals surface area (Å²) in [6.07, 6.45) is 3.43. The first-order valence-corrected chi connectivity index (χ1v) is 5.46. The van der Waals surface area contributed by atoms with Gasteiger partial charge in [0.25, 0.3) is 0 Å². The van der Waals surface area contributed by atoms with Gasteiger partial charge in [-0.1, -0.05) is 24.0 Å². The molecule has 0 bridgehead atoms. The summed E-state index contributed by atoms with van der Waals surface area (Å²) in [5.41, 5.74) is 1.77. The van der Waals surface area contributed by atoms with Crippen LogP contribution in [0.15, 0.2) is 30.3 Å². The number of carboxylic acid groups (broad SMARTS) is 1. The van der Waals surface area contributed by atoms with Gasteiger partial charge < -0.3 is 5.11 Å². The predicted octanol–water partition coefficient (Wildman–Crippen LogP) is 2.46. The first-order valence-electron chi connectivity index (χ1n) is 4.83. The van der Waals surface area contributed by atoms with Gasteiger partial charge in [0, 0.05) is 23.8 Å². The highest BCUT2D eigenvalue weighted by Crippen LogP contribution is 2.05. The molecule has 82 valence electrons. The summed E-state index contributed by atoms with van der Waals surface area (Å²) in [5.74, 6) is 5.79. The minimum Gasteiger partial charge on any atom is -0.478 e. The zero-order valence-electron chi connectivity index (χ0n) is 8.68. The third-order valence-electron chi connectivity index (χ3n) is 1.80. The Labute approximate surface area is 100 Å². The van der Waals surface area contributed by atoms with Crippen LogP contribution in [0, 0.1) is 11.8 Å². The SMILES string of the molecule is O=C(O)/C=C/c1ccc(C#CCCS)cc1. The summed E-state index contributed by atoms with van der Waals surface area (Å²) < 4.78 is 0. The average molecular weight is 232 g/mol.